The Morgan fingerprint density at radius 3 is 2.84 bits per heavy atom. The molecule has 3 nitrogen and oxygen atoms in total. The number of nitrogens with one attached hydrogen (secondary N) is 1. The van der Waals surface area contributed by atoms with Crippen LogP contribution in [-0.4, -0.2) is 19.1 Å². The Morgan fingerprint density at radius 2 is 2.11 bits per heavy atom. The Bertz CT molecular complexity index is 481. The third kappa shape index (κ3) is 2.27. The van der Waals surface area contributed by atoms with Crippen LogP contribution >= 0.6 is 0 Å². The van der Waals surface area contributed by atoms with Crippen LogP contribution < -0.4 is 5.32 Å². The van der Waals surface area contributed by atoms with Crippen molar-refractivity contribution in [1.82, 2.24) is 5.32 Å². The van der Waals surface area contributed by atoms with Gasteiger partial charge in [0.1, 0.15) is 5.54 Å². The quantitative estimate of drug-likeness (QED) is 0.669. The summed E-state index contributed by atoms with van der Waals surface area (Å²) in [6, 6.07) is 8.80. The van der Waals surface area contributed by atoms with Crippen LogP contribution in [0.2, 0.25) is 0 Å². The van der Waals surface area contributed by atoms with Gasteiger partial charge in [0.25, 0.3) is 0 Å². The van der Waals surface area contributed by atoms with Gasteiger partial charge in [-0.1, -0.05) is 30.7 Å². The van der Waals surface area contributed by atoms with Gasteiger partial charge in [-0.3, -0.25) is 5.32 Å². The maximum absolute atomic E-state index is 12.5. The van der Waals surface area contributed by atoms with Crippen molar-refractivity contribution in [3.63, 3.8) is 0 Å². The number of hydrogen-bond donors (Lipinski definition) is 1. The Hall–Kier alpha value is -1.35. The third-order valence-corrected chi connectivity index (χ3v) is 4.29. The van der Waals surface area contributed by atoms with Crippen molar-refractivity contribution < 1.29 is 9.53 Å². The standard InChI is InChI=1S/C16H21NO2/c1-19-15(18)16(17-13-9-10-13)11-5-4-7-12-6-2-3-8-14(12)16/h2-3,6,8,13,17H,4-5,7,9-11H2,1H3. The van der Waals surface area contributed by atoms with Crippen LogP contribution in [0.3, 0.4) is 0 Å². The highest BCUT2D eigenvalue weighted by molar-refractivity contribution is 5.83. The average molecular weight is 259 g/mol. The molecular weight excluding hydrogens is 238 g/mol. The fourth-order valence-electron chi connectivity index (χ4n) is 3.17. The van der Waals surface area contributed by atoms with E-state index in [1.54, 1.807) is 0 Å². The molecule has 1 aromatic rings. The molecule has 0 saturated heterocycles. The van der Waals surface area contributed by atoms with E-state index in [1.165, 1.54) is 25.5 Å². The number of fused-ring (bicyclic) bond motifs is 1. The van der Waals surface area contributed by atoms with E-state index in [0.717, 1.165) is 31.2 Å². The molecule has 102 valence electrons. The maximum Gasteiger partial charge on any atom is 0.330 e. The fourth-order valence-corrected chi connectivity index (χ4v) is 3.17. The Labute approximate surface area is 114 Å². The minimum absolute atomic E-state index is 0.131. The van der Waals surface area contributed by atoms with Gasteiger partial charge in [-0.05, 0) is 43.2 Å². The van der Waals surface area contributed by atoms with Crippen molar-refractivity contribution in [2.45, 2.75) is 50.1 Å². The lowest BCUT2D eigenvalue weighted by Crippen LogP contribution is -2.51. The Kier molecular flexibility index (Phi) is 3.31. The van der Waals surface area contributed by atoms with Crippen LogP contribution in [-0.2, 0) is 21.5 Å². The zero-order valence-corrected chi connectivity index (χ0v) is 11.4. The molecule has 1 fully saturated rings. The average Bonchev–Trinajstić information content (AvgIpc) is 3.26. The van der Waals surface area contributed by atoms with Crippen molar-refractivity contribution in [2.75, 3.05) is 7.11 Å². The summed E-state index contributed by atoms with van der Waals surface area (Å²) in [7, 11) is 1.49. The van der Waals surface area contributed by atoms with Crippen LogP contribution in [0, 0.1) is 0 Å². The van der Waals surface area contributed by atoms with E-state index in [1.807, 2.05) is 6.07 Å². The first-order valence-electron chi connectivity index (χ1n) is 7.21. The Morgan fingerprint density at radius 1 is 1.32 bits per heavy atom. The lowest BCUT2D eigenvalue weighted by atomic mass is 9.84. The van der Waals surface area contributed by atoms with Gasteiger partial charge in [0.15, 0.2) is 0 Å². The zero-order valence-electron chi connectivity index (χ0n) is 11.4. The van der Waals surface area contributed by atoms with Gasteiger partial charge >= 0.3 is 5.97 Å². The van der Waals surface area contributed by atoms with Gasteiger partial charge in [-0.15, -0.1) is 0 Å². The van der Waals surface area contributed by atoms with Gasteiger partial charge < -0.3 is 4.74 Å². The number of aryl methyl sites for hydroxylation is 1. The molecule has 1 N–H and O–H groups in total. The molecule has 0 bridgehead atoms. The molecule has 19 heavy (non-hydrogen) atoms. The highest BCUT2D eigenvalue weighted by atomic mass is 16.5. The molecule has 0 aliphatic heterocycles. The van der Waals surface area contributed by atoms with Crippen LogP contribution in [0.15, 0.2) is 24.3 Å². The summed E-state index contributed by atoms with van der Waals surface area (Å²) in [5, 5.41) is 3.58. The molecule has 1 atom stereocenters. The molecule has 1 saturated carbocycles. The molecule has 0 radical (unpaired) electrons. The number of rotatable bonds is 3. The van der Waals surface area contributed by atoms with Crippen molar-refractivity contribution >= 4 is 5.97 Å². The smallest absolute Gasteiger partial charge is 0.330 e. The van der Waals surface area contributed by atoms with E-state index < -0.39 is 5.54 Å². The lowest BCUT2D eigenvalue weighted by Gasteiger charge is -2.33. The number of esters is 1. The highest BCUT2D eigenvalue weighted by Gasteiger charge is 2.46. The van der Waals surface area contributed by atoms with Crippen molar-refractivity contribution in [2.24, 2.45) is 0 Å². The van der Waals surface area contributed by atoms with Gasteiger partial charge in [-0.2, -0.15) is 0 Å². The van der Waals surface area contributed by atoms with Crippen molar-refractivity contribution in [1.29, 1.82) is 0 Å². The SMILES string of the molecule is COC(=O)C1(NC2CC2)CCCCc2ccccc21. The van der Waals surface area contributed by atoms with Crippen LogP contribution in [0.1, 0.15) is 43.2 Å². The van der Waals surface area contributed by atoms with E-state index in [0.29, 0.717) is 6.04 Å². The summed E-state index contributed by atoms with van der Waals surface area (Å²) < 4.78 is 5.13. The lowest BCUT2D eigenvalue weighted by molar-refractivity contribution is -0.149. The first kappa shape index (κ1) is 12.7. The second-order valence-corrected chi connectivity index (χ2v) is 5.68. The van der Waals surface area contributed by atoms with Gasteiger partial charge in [0.2, 0.25) is 0 Å². The van der Waals surface area contributed by atoms with Gasteiger partial charge in [-0.25, -0.2) is 4.79 Å². The number of carbonyl (C=O) groups excluding carboxylic acids is 1. The van der Waals surface area contributed by atoms with Crippen molar-refractivity contribution in [3.05, 3.63) is 35.4 Å². The predicted molar refractivity (Wildman–Crippen MR) is 73.8 cm³/mol. The third-order valence-electron chi connectivity index (χ3n) is 4.29. The monoisotopic (exact) mass is 259 g/mol. The molecule has 2 aliphatic rings. The molecular formula is C16H21NO2. The van der Waals surface area contributed by atoms with E-state index >= 15 is 0 Å². The molecule has 2 aliphatic carbocycles. The minimum Gasteiger partial charge on any atom is -0.467 e. The topological polar surface area (TPSA) is 38.3 Å². The van der Waals surface area contributed by atoms with Crippen LogP contribution in [0.4, 0.5) is 0 Å². The fraction of sp³-hybridized carbons (Fsp3) is 0.562. The first-order chi connectivity index (χ1) is 9.26. The molecule has 3 rings (SSSR count). The number of benzene rings is 1. The largest absolute Gasteiger partial charge is 0.467 e. The summed E-state index contributed by atoms with van der Waals surface area (Å²) in [5.74, 6) is -0.131. The number of hydrogen-bond acceptors (Lipinski definition) is 3. The summed E-state index contributed by atoms with van der Waals surface area (Å²) in [6.45, 7) is 0. The summed E-state index contributed by atoms with van der Waals surface area (Å²) >= 11 is 0. The number of ether oxygens (including phenoxy) is 1. The molecule has 0 spiro atoms. The van der Waals surface area contributed by atoms with E-state index in [2.05, 4.69) is 23.5 Å². The predicted octanol–water partition coefficient (Wildman–Crippen LogP) is 2.53. The van der Waals surface area contributed by atoms with E-state index in [4.69, 9.17) is 4.74 Å². The second-order valence-electron chi connectivity index (χ2n) is 5.68. The van der Waals surface area contributed by atoms with Crippen LogP contribution in [0.5, 0.6) is 0 Å². The molecule has 1 unspecified atom stereocenters. The normalized spacial score (nSPS) is 26.4. The zero-order chi connectivity index (χ0) is 13.3. The van der Waals surface area contributed by atoms with Crippen molar-refractivity contribution in [3.8, 4) is 0 Å². The second kappa shape index (κ2) is 4.97. The summed E-state index contributed by atoms with van der Waals surface area (Å²) in [4.78, 5) is 12.5. The molecule has 0 amide bonds. The molecule has 0 heterocycles. The van der Waals surface area contributed by atoms with Gasteiger partial charge in [0.05, 0.1) is 7.11 Å². The molecule has 3 heteroatoms. The van der Waals surface area contributed by atoms with E-state index in [9.17, 15) is 4.79 Å². The maximum atomic E-state index is 12.5. The summed E-state index contributed by atoms with van der Waals surface area (Å²) in [6.07, 6.45) is 6.43. The van der Waals surface area contributed by atoms with E-state index in [-0.39, 0.29) is 5.97 Å². The minimum atomic E-state index is -0.622. The molecule has 0 aromatic heterocycles. The van der Waals surface area contributed by atoms with Crippen LogP contribution in [0.25, 0.3) is 0 Å². The Balaban J connectivity index is 2.07. The highest BCUT2D eigenvalue weighted by Crippen LogP contribution is 2.38. The summed E-state index contributed by atoms with van der Waals surface area (Å²) in [5.41, 5.74) is 1.80. The van der Waals surface area contributed by atoms with Gasteiger partial charge in [0, 0.05) is 6.04 Å². The first-order valence-corrected chi connectivity index (χ1v) is 7.21. The number of methoxy groups -OCH3 is 1. The number of carbonyl (C=O) groups is 1. The molecule has 1 aromatic carbocycles.